The van der Waals surface area contributed by atoms with Crippen molar-refractivity contribution in [2.75, 3.05) is 13.7 Å². The maximum absolute atomic E-state index is 12.1. The Kier molecular flexibility index (Phi) is 4.02. The second kappa shape index (κ2) is 5.73. The van der Waals surface area contributed by atoms with Crippen molar-refractivity contribution in [3.05, 3.63) is 29.8 Å². The molecule has 0 aromatic heterocycles. The summed E-state index contributed by atoms with van der Waals surface area (Å²) in [4.78, 5) is 36.0. The van der Waals surface area contributed by atoms with Gasteiger partial charge in [-0.15, -0.1) is 0 Å². The summed E-state index contributed by atoms with van der Waals surface area (Å²) in [6, 6.07) is 6.53. The lowest BCUT2D eigenvalue weighted by atomic mass is 10.0. The zero-order valence-electron chi connectivity index (χ0n) is 11.4. The van der Waals surface area contributed by atoms with E-state index in [1.807, 2.05) is 12.1 Å². The third kappa shape index (κ3) is 2.96. The SMILES string of the molecule is COc1cccc(CC2NC(=O)CN(C(C)=O)C2=O)c1. The number of imide groups is 1. The van der Waals surface area contributed by atoms with Crippen LogP contribution in [0.25, 0.3) is 0 Å². The molecule has 1 fully saturated rings. The van der Waals surface area contributed by atoms with Gasteiger partial charge in [0.1, 0.15) is 18.3 Å². The monoisotopic (exact) mass is 276 g/mol. The van der Waals surface area contributed by atoms with Crippen LogP contribution in [0.1, 0.15) is 12.5 Å². The van der Waals surface area contributed by atoms with Crippen LogP contribution in [-0.4, -0.2) is 42.3 Å². The molecule has 1 unspecified atom stereocenters. The van der Waals surface area contributed by atoms with E-state index in [-0.39, 0.29) is 18.4 Å². The summed E-state index contributed by atoms with van der Waals surface area (Å²) >= 11 is 0. The van der Waals surface area contributed by atoms with E-state index >= 15 is 0 Å². The highest BCUT2D eigenvalue weighted by Crippen LogP contribution is 2.16. The van der Waals surface area contributed by atoms with E-state index in [0.29, 0.717) is 12.2 Å². The van der Waals surface area contributed by atoms with Crippen LogP contribution in [-0.2, 0) is 20.8 Å². The first kappa shape index (κ1) is 14.0. The van der Waals surface area contributed by atoms with Crippen LogP contribution in [0.15, 0.2) is 24.3 Å². The molecule has 0 aliphatic carbocycles. The lowest BCUT2D eigenvalue weighted by molar-refractivity contribution is -0.152. The van der Waals surface area contributed by atoms with E-state index in [9.17, 15) is 14.4 Å². The second-order valence-corrected chi connectivity index (χ2v) is 4.62. The normalized spacial score (nSPS) is 18.7. The van der Waals surface area contributed by atoms with Gasteiger partial charge in [0.15, 0.2) is 0 Å². The number of amides is 3. The summed E-state index contributed by atoms with van der Waals surface area (Å²) in [6.45, 7) is 1.07. The topological polar surface area (TPSA) is 75.7 Å². The van der Waals surface area contributed by atoms with E-state index in [2.05, 4.69) is 5.32 Å². The average molecular weight is 276 g/mol. The average Bonchev–Trinajstić information content (AvgIpc) is 2.42. The number of nitrogens with zero attached hydrogens (tertiary/aromatic N) is 1. The van der Waals surface area contributed by atoms with E-state index in [1.165, 1.54) is 6.92 Å². The quantitative estimate of drug-likeness (QED) is 0.850. The van der Waals surface area contributed by atoms with E-state index in [0.717, 1.165) is 10.5 Å². The number of ether oxygens (including phenoxy) is 1. The number of hydrogen-bond donors (Lipinski definition) is 1. The Morgan fingerprint density at radius 3 is 2.85 bits per heavy atom. The Morgan fingerprint density at radius 1 is 1.45 bits per heavy atom. The summed E-state index contributed by atoms with van der Waals surface area (Å²) in [6.07, 6.45) is 0.325. The third-order valence-electron chi connectivity index (χ3n) is 3.16. The molecule has 1 atom stereocenters. The lowest BCUT2D eigenvalue weighted by Crippen LogP contribution is -2.59. The van der Waals surface area contributed by atoms with Gasteiger partial charge in [0, 0.05) is 13.3 Å². The van der Waals surface area contributed by atoms with Gasteiger partial charge in [-0.2, -0.15) is 0 Å². The first-order chi connectivity index (χ1) is 9.51. The molecule has 20 heavy (non-hydrogen) atoms. The van der Waals surface area contributed by atoms with Gasteiger partial charge in [-0.1, -0.05) is 12.1 Å². The van der Waals surface area contributed by atoms with Crippen molar-refractivity contribution in [1.29, 1.82) is 0 Å². The number of carbonyl (C=O) groups is 3. The molecule has 0 radical (unpaired) electrons. The molecule has 1 N–H and O–H groups in total. The van der Waals surface area contributed by atoms with Gasteiger partial charge in [-0.3, -0.25) is 19.3 Å². The number of benzene rings is 1. The summed E-state index contributed by atoms with van der Waals surface area (Å²) in [5, 5.41) is 2.61. The molecule has 2 rings (SSSR count). The van der Waals surface area contributed by atoms with E-state index in [4.69, 9.17) is 4.74 Å². The molecule has 0 saturated carbocycles. The van der Waals surface area contributed by atoms with Crippen LogP contribution >= 0.6 is 0 Å². The van der Waals surface area contributed by atoms with Crippen molar-refractivity contribution in [1.82, 2.24) is 10.2 Å². The molecule has 106 valence electrons. The van der Waals surface area contributed by atoms with Crippen LogP contribution in [0.4, 0.5) is 0 Å². The van der Waals surface area contributed by atoms with Crippen molar-refractivity contribution in [3.8, 4) is 5.75 Å². The Labute approximate surface area is 116 Å². The maximum Gasteiger partial charge on any atom is 0.252 e. The molecule has 6 nitrogen and oxygen atoms in total. The molecular weight excluding hydrogens is 260 g/mol. The molecule has 0 bridgehead atoms. The number of nitrogens with one attached hydrogen (secondary N) is 1. The van der Waals surface area contributed by atoms with Gasteiger partial charge in [-0.25, -0.2) is 0 Å². The molecule has 1 aliphatic heterocycles. The number of hydrogen-bond acceptors (Lipinski definition) is 4. The van der Waals surface area contributed by atoms with Crippen molar-refractivity contribution >= 4 is 17.7 Å². The smallest absolute Gasteiger partial charge is 0.252 e. The summed E-state index contributed by atoms with van der Waals surface area (Å²) in [5.74, 6) is -0.436. The fourth-order valence-electron chi connectivity index (χ4n) is 2.15. The molecular formula is C14H16N2O4. The standard InChI is InChI=1S/C14H16N2O4/c1-9(17)16-8-13(18)15-12(14(16)19)7-10-4-3-5-11(6-10)20-2/h3-6,12H,7-8H2,1-2H3,(H,15,18). The Morgan fingerprint density at radius 2 is 2.20 bits per heavy atom. The maximum atomic E-state index is 12.1. The summed E-state index contributed by atoms with van der Waals surface area (Å²) in [7, 11) is 1.56. The highest BCUT2D eigenvalue weighted by atomic mass is 16.5. The largest absolute Gasteiger partial charge is 0.497 e. The van der Waals surface area contributed by atoms with Crippen LogP contribution in [0.3, 0.4) is 0 Å². The molecule has 1 aliphatic rings. The van der Waals surface area contributed by atoms with E-state index < -0.39 is 11.9 Å². The fraction of sp³-hybridized carbons (Fsp3) is 0.357. The zero-order chi connectivity index (χ0) is 14.7. The summed E-state index contributed by atoms with van der Waals surface area (Å²) in [5.41, 5.74) is 0.855. The first-order valence-corrected chi connectivity index (χ1v) is 6.25. The fourth-order valence-corrected chi connectivity index (χ4v) is 2.15. The lowest BCUT2D eigenvalue weighted by Gasteiger charge is -2.30. The number of rotatable bonds is 3. The molecule has 6 heteroatoms. The predicted molar refractivity (Wildman–Crippen MR) is 71.0 cm³/mol. The molecule has 1 heterocycles. The van der Waals surface area contributed by atoms with E-state index in [1.54, 1.807) is 19.2 Å². The van der Waals surface area contributed by atoms with Gasteiger partial charge in [0.2, 0.25) is 11.8 Å². The first-order valence-electron chi connectivity index (χ1n) is 6.25. The van der Waals surface area contributed by atoms with Gasteiger partial charge < -0.3 is 10.1 Å². The van der Waals surface area contributed by atoms with Crippen LogP contribution < -0.4 is 10.1 Å². The molecule has 3 amide bonds. The van der Waals surface area contributed by atoms with Gasteiger partial charge in [0.05, 0.1) is 7.11 Å². The van der Waals surface area contributed by atoms with Crippen LogP contribution in [0.5, 0.6) is 5.75 Å². The predicted octanol–water partition coefficient (Wildman–Crippen LogP) is 0.111. The molecule has 1 aromatic carbocycles. The minimum atomic E-state index is -0.716. The van der Waals surface area contributed by atoms with Crippen molar-refractivity contribution in [2.45, 2.75) is 19.4 Å². The second-order valence-electron chi connectivity index (χ2n) is 4.62. The number of carbonyl (C=O) groups excluding carboxylic acids is 3. The van der Waals surface area contributed by atoms with Crippen molar-refractivity contribution < 1.29 is 19.1 Å². The van der Waals surface area contributed by atoms with Crippen molar-refractivity contribution in [3.63, 3.8) is 0 Å². The highest BCUT2D eigenvalue weighted by Gasteiger charge is 2.34. The van der Waals surface area contributed by atoms with Crippen LogP contribution in [0.2, 0.25) is 0 Å². The summed E-state index contributed by atoms with van der Waals surface area (Å²) < 4.78 is 5.11. The zero-order valence-corrected chi connectivity index (χ0v) is 11.4. The number of methoxy groups -OCH3 is 1. The third-order valence-corrected chi connectivity index (χ3v) is 3.16. The Balaban J connectivity index is 2.16. The minimum Gasteiger partial charge on any atom is -0.497 e. The Bertz CT molecular complexity index is 556. The number of piperazine rings is 1. The van der Waals surface area contributed by atoms with Crippen molar-refractivity contribution in [2.24, 2.45) is 0 Å². The molecule has 1 saturated heterocycles. The molecule has 0 spiro atoms. The highest BCUT2D eigenvalue weighted by molar-refractivity contribution is 6.04. The van der Waals surface area contributed by atoms with Gasteiger partial charge in [0.25, 0.3) is 5.91 Å². The van der Waals surface area contributed by atoms with Gasteiger partial charge >= 0.3 is 0 Å². The Hall–Kier alpha value is -2.37. The van der Waals surface area contributed by atoms with Gasteiger partial charge in [-0.05, 0) is 17.7 Å². The molecule has 1 aromatic rings. The minimum absolute atomic E-state index is 0.206. The van der Waals surface area contributed by atoms with Crippen LogP contribution in [0, 0.1) is 0 Å².